The maximum atomic E-state index is 12.2. The SMILES string of the molecule is O=C1CCOc2ccc(Cc3cc([C@@H]4O[C@H](CO)[C@@H](O)[C@H](O)[C@H]4O)ccc3Cl)cc21.OC[C@H]1O[C@@H](c2ccc(Cl)c(Cc3ccc4c(c3)C(O)CCO4)c2)[C@H](O)[C@@H](O)[C@@H]1O.[B].[H-].[Na+]. The van der Waals surface area contributed by atoms with E-state index >= 15 is 0 Å². The molecule has 0 bridgehead atoms. The maximum Gasteiger partial charge on any atom is 1.00 e. The fourth-order valence-corrected chi connectivity index (χ4v) is 8.33. The minimum Gasteiger partial charge on any atom is -1.00 e. The van der Waals surface area contributed by atoms with Crippen molar-refractivity contribution in [1.82, 2.24) is 0 Å². The van der Waals surface area contributed by atoms with Crippen molar-refractivity contribution in [2.45, 2.75) is 92.8 Å². The Morgan fingerprint density at radius 3 is 1.60 bits per heavy atom. The molecular formula is C44H49BCl2NaO14. The van der Waals surface area contributed by atoms with E-state index in [0.717, 1.165) is 27.8 Å². The molecule has 4 heterocycles. The summed E-state index contributed by atoms with van der Waals surface area (Å²) in [5, 5.41) is 91.0. The van der Waals surface area contributed by atoms with Gasteiger partial charge in [-0.15, -0.1) is 0 Å². The van der Waals surface area contributed by atoms with Gasteiger partial charge in [-0.1, -0.05) is 59.6 Å². The standard InChI is InChI=1S/C22H25ClO7.C22H23ClO7.B.Na.H/c2*23-15-3-2-12(22-21(28)20(27)19(26)18(10-24)30-22)9-13(15)7-11-1-4-17-14(8-11)16(25)5-6-29-17;;;/h1-4,8-9,16,18-22,24-28H,5-7,10H2;1-4,8-9,18-22,24,26-28H,5-7,10H2;;;/q;;;+1;-1/t16?,18-,19-,20+,21-,22+;18-,19-,20+,21-,22+;;;/m11.../s1. The van der Waals surface area contributed by atoms with E-state index in [2.05, 4.69) is 0 Å². The smallest absolute Gasteiger partial charge is 1.00 e. The van der Waals surface area contributed by atoms with Crippen molar-refractivity contribution in [2.75, 3.05) is 26.4 Å². The summed E-state index contributed by atoms with van der Waals surface area (Å²) < 4.78 is 22.4. The van der Waals surface area contributed by atoms with Crippen LogP contribution in [0.3, 0.4) is 0 Å². The van der Waals surface area contributed by atoms with E-state index in [9.17, 15) is 50.8 Å². The number of hydrogen-bond donors (Lipinski definition) is 9. The summed E-state index contributed by atoms with van der Waals surface area (Å²) in [6.45, 7) is -0.104. The summed E-state index contributed by atoms with van der Waals surface area (Å²) in [5.74, 6) is 1.30. The van der Waals surface area contributed by atoms with Crippen LogP contribution in [0.5, 0.6) is 11.5 Å². The molecule has 2 saturated heterocycles. The van der Waals surface area contributed by atoms with Gasteiger partial charge in [0.25, 0.3) is 0 Å². The number of hydrogen-bond acceptors (Lipinski definition) is 14. The third kappa shape index (κ3) is 10.9. The Morgan fingerprint density at radius 2 is 1.08 bits per heavy atom. The Bertz CT molecular complexity index is 2170. The van der Waals surface area contributed by atoms with Gasteiger partial charge in [0.15, 0.2) is 5.78 Å². The molecule has 8 rings (SSSR count). The van der Waals surface area contributed by atoms with E-state index in [1.54, 1.807) is 48.5 Å². The molecule has 9 N–H and O–H groups in total. The minimum absolute atomic E-state index is 0. The van der Waals surface area contributed by atoms with Crippen molar-refractivity contribution >= 4 is 37.4 Å². The zero-order valence-corrected chi connectivity index (χ0v) is 37.3. The molecule has 327 valence electrons. The van der Waals surface area contributed by atoms with Gasteiger partial charge in [0, 0.05) is 36.9 Å². The molecule has 0 spiro atoms. The Hall–Kier alpha value is -2.65. The molecule has 14 nitrogen and oxygen atoms in total. The van der Waals surface area contributed by atoms with Gasteiger partial charge in [-0.25, -0.2) is 0 Å². The van der Waals surface area contributed by atoms with Crippen molar-refractivity contribution in [1.29, 1.82) is 0 Å². The molecule has 3 radical (unpaired) electrons. The molecule has 0 aliphatic carbocycles. The number of aliphatic hydroxyl groups excluding tert-OH is 9. The molecule has 2 fully saturated rings. The third-order valence-corrected chi connectivity index (χ3v) is 12.1. The fraction of sp³-hybridized carbons (Fsp3) is 0.432. The largest absolute Gasteiger partial charge is 1.00 e. The molecule has 4 aromatic rings. The summed E-state index contributed by atoms with van der Waals surface area (Å²) in [7, 11) is 0. The van der Waals surface area contributed by atoms with E-state index in [1.807, 2.05) is 24.3 Å². The Morgan fingerprint density at radius 1 is 0.597 bits per heavy atom. The van der Waals surface area contributed by atoms with E-state index in [0.29, 0.717) is 77.1 Å². The number of benzene rings is 4. The molecule has 0 aromatic heterocycles. The van der Waals surface area contributed by atoms with Crippen LogP contribution in [0.15, 0.2) is 72.8 Å². The minimum atomic E-state index is -1.45. The molecule has 1 unspecified atom stereocenters. The number of carbonyl (C=O) groups is 1. The fourth-order valence-electron chi connectivity index (χ4n) is 7.96. The average molecular weight is 907 g/mol. The van der Waals surface area contributed by atoms with Gasteiger partial charge >= 0.3 is 29.6 Å². The number of ketones is 1. The van der Waals surface area contributed by atoms with E-state index in [4.69, 9.17) is 42.1 Å². The summed E-state index contributed by atoms with van der Waals surface area (Å²) in [6, 6.07) is 21.3. The van der Waals surface area contributed by atoms with Crippen LogP contribution in [0.4, 0.5) is 0 Å². The molecule has 4 aliphatic rings. The zero-order chi connectivity index (χ0) is 42.8. The third-order valence-electron chi connectivity index (χ3n) is 11.4. The van der Waals surface area contributed by atoms with Crippen LogP contribution in [-0.4, -0.2) is 135 Å². The molecule has 62 heavy (non-hydrogen) atoms. The first-order valence-electron chi connectivity index (χ1n) is 19.7. The molecule has 4 aliphatic heterocycles. The van der Waals surface area contributed by atoms with Crippen LogP contribution in [-0.2, 0) is 22.3 Å². The second-order valence-electron chi connectivity index (χ2n) is 15.4. The number of rotatable bonds is 8. The van der Waals surface area contributed by atoms with E-state index < -0.39 is 80.4 Å². The second kappa shape index (κ2) is 22.0. The first kappa shape index (κ1) is 50.4. The van der Waals surface area contributed by atoms with Crippen molar-refractivity contribution in [2.24, 2.45) is 0 Å². The van der Waals surface area contributed by atoms with Crippen molar-refractivity contribution in [3.05, 3.63) is 127 Å². The van der Waals surface area contributed by atoms with Crippen molar-refractivity contribution in [3.63, 3.8) is 0 Å². The molecule has 11 atom stereocenters. The molecule has 0 saturated carbocycles. The first-order valence-corrected chi connectivity index (χ1v) is 20.4. The van der Waals surface area contributed by atoms with Gasteiger partial charge in [-0.05, 0) is 82.6 Å². The van der Waals surface area contributed by atoms with Crippen LogP contribution in [0.2, 0.25) is 10.0 Å². The van der Waals surface area contributed by atoms with Crippen LogP contribution >= 0.6 is 23.2 Å². The number of fused-ring (bicyclic) bond motifs is 2. The van der Waals surface area contributed by atoms with Gasteiger partial charge in [0.1, 0.15) is 72.5 Å². The summed E-state index contributed by atoms with van der Waals surface area (Å²) in [5.41, 5.74) is 5.77. The number of carbonyl (C=O) groups excluding carboxylic acids is 1. The van der Waals surface area contributed by atoms with Crippen LogP contribution in [0.1, 0.15) is 81.9 Å². The van der Waals surface area contributed by atoms with Gasteiger partial charge in [-0.2, -0.15) is 0 Å². The number of ether oxygens (including phenoxy) is 4. The van der Waals surface area contributed by atoms with E-state index in [-0.39, 0.29) is 45.2 Å². The number of aliphatic hydroxyl groups is 9. The van der Waals surface area contributed by atoms with Crippen LogP contribution in [0.25, 0.3) is 0 Å². The number of Topliss-reactive ketones (excluding diaryl/α,β-unsaturated/α-hetero) is 1. The van der Waals surface area contributed by atoms with Crippen LogP contribution in [0, 0.1) is 0 Å². The molecule has 18 heteroatoms. The molecule has 0 amide bonds. The summed E-state index contributed by atoms with van der Waals surface area (Å²) >= 11 is 12.8. The van der Waals surface area contributed by atoms with Gasteiger partial charge < -0.3 is 66.3 Å². The van der Waals surface area contributed by atoms with Crippen LogP contribution < -0.4 is 39.0 Å². The van der Waals surface area contributed by atoms with E-state index in [1.165, 1.54) is 0 Å². The first-order chi connectivity index (χ1) is 28.8. The average Bonchev–Trinajstić information content (AvgIpc) is 3.25. The predicted octanol–water partition coefficient (Wildman–Crippen LogP) is -0.592. The normalized spacial score (nSPS) is 29.0. The van der Waals surface area contributed by atoms with Crippen molar-refractivity contribution < 1.29 is 101 Å². The zero-order valence-electron chi connectivity index (χ0n) is 34.8. The number of halogens is 2. The Balaban J connectivity index is 0.000000264. The van der Waals surface area contributed by atoms with Crippen molar-refractivity contribution in [3.8, 4) is 11.5 Å². The summed E-state index contributed by atoms with van der Waals surface area (Å²) in [4.78, 5) is 12.2. The molecule has 4 aromatic carbocycles. The Labute approximate surface area is 393 Å². The van der Waals surface area contributed by atoms with Gasteiger partial charge in [0.05, 0.1) is 38.1 Å². The monoisotopic (exact) mass is 905 g/mol. The second-order valence-corrected chi connectivity index (χ2v) is 16.2. The quantitative estimate of drug-likeness (QED) is 0.101. The maximum absolute atomic E-state index is 12.2. The predicted molar refractivity (Wildman–Crippen MR) is 223 cm³/mol. The topological polar surface area (TPSA) is 236 Å². The van der Waals surface area contributed by atoms with Gasteiger partial charge in [-0.3, -0.25) is 4.79 Å². The molecular weight excluding hydrogens is 857 g/mol. The Kier molecular flexibility index (Phi) is 17.9. The van der Waals surface area contributed by atoms with Gasteiger partial charge in [0.2, 0.25) is 0 Å². The summed E-state index contributed by atoms with van der Waals surface area (Å²) in [6.07, 6.45) is -11.0.